The number of ketones is 1. The van der Waals surface area contributed by atoms with Gasteiger partial charge in [-0.15, -0.1) is 0 Å². The van der Waals surface area contributed by atoms with Crippen LogP contribution in [-0.4, -0.2) is 16.9 Å². The third kappa shape index (κ3) is 3.45. The number of aromatic carboxylic acids is 1. The van der Waals surface area contributed by atoms with Gasteiger partial charge in [0, 0.05) is 17.2 Å². The zero-order chi connectivity index (χ0) is 18.5. The van der Waals surface area contributed by atoms with Crippen LogP contribution in [0.5, 0.6) is 0 Å². The molecule has 0 aliphatic heterocycles. The van der Waals surface area contributed by atoms with Crippen molar-refractivity contribution in [2.24, 2.45) is 0 Å². The van der Waals surface area contributed by atoms with Gasteiger partial charge in [-0.05, 0) is 18.2 Å². The molecular weight excluding hydrogens is 330 g/mol. The number of benzene rings is 2. The van der Waals surface area contributed by atoms with Crippen LogP contribution >= 0.6 is 0 Å². The van der Waals surface area contributed by atoms with Crippen molar-refractivity contribution in [3.63, 3.8) is 0 Å². The third-order valence-electron chi connectivity index (χ3n) is 3.74. The SMILES string of the molecule is N#C/C(=C\c1ccc(-c2ccccc2C(=O)O)o1)C(=O)c1ccccc1. The topological polar surface area (TPSA) is 91.3 Å². The van der Waals surface area contributed by atoms with E-state index in [-0.39, 0.29) is 11.1 Å². The molecule has 0 unspecified atom stereocenters. The minimum atomic E-state index is -1.06. The maximum absolute atomic E-state index is 12.4. The highest BCUT2D eigenvalue weighted by Gasteiger charge is 2.15. The monoisotopic (exact) mass is 343 g/mol. The lowest BCUT2D eigenvalue weighted by Gasteiger charge is -2.02. The number of allylic oxidation sites excluding steroid dienone is 1. The fourth-order valence-electron chi connectivity index (χ4n) is 2.50. The van der Waals surface area contributed by atoms with Gasteiger partial charge in [-0.3, -0.25) is 4.79 Å². The van der Waals surface area contributed by atoms with E-state index < -0.39 is 11.8 Å². The van der Waals surface area contributed by atoms with Crippen LogP contribution in [0.1, 0.15) is 26.5 Å². The smallest absolute Gasteiger partial charge is 0.336 e. The van der Waals surface area contributed by atoms with Gasteiger partial charge in [-0.25, -0.2) is 4.79 Å². The molecule has 5 nitrogen and oxygen atoms in total. The van der Waals surface area contributed by atoms with Crippen molar-refractivity contribution in [3.05, 3.63) is 89.2 Å². The number of hydrogen-bond acceptors (Lipinski definition) is 4. The number of carboxylic acid groups (broad SMARTS) is 1. The van der Waals surface area contributed by atoms with E-state index in [0.717, 1.165) is 0 Å². The minimum Gasteiger partial charge on any atom is -0.478 e. The van der Waals surface area contributed by atoms with Gasteiger partial charge in [0.25, 0.3) is 0 Å². The summed E-state index contributed by atoms with van der Waals surface area (Å²) < 4.78 is 5.64. The molecule has 0 spiro atoms. The molecule has 0 aliphatic rings. The summed E-state index contributed by atoms with van der Waals surface area (Å²) >= 11 is 0. The highest BCUT2D eigenvalue weighted by atomic mass is 16.4. The summed E-state index contributed by atoms with van der Waals surface area (Å²) in [6.07, 6.45) is 1.35. The molecule has 0 amide bonds. The molecule has 0 atom stereocenters. The summed E-state index contributed by atoms with van der Waals surface area (Å²) in [6, 6.07) is 20.0. The normalized spacial score (nSPS) is 11.0. The van der Waals surface area contributed by atoms with E-state index in [9.17, 15) is 20.0 Å². The number of carbonyl (C=O) groups is 2. The van der Waals surface area contributed by atoms with E-state index in [1.807, 2.05) is 6.07 Å². The first-order valence-corrected chi connectivity index (χ1v) is 7.74. The fraction of sp³-hybridized carbons (Fsp3) is 0. The largest absolute Gasteiger partial charge is 0.478 e. The molecular formula is C21H13NO4. The third-order valence-corrected chi connectivity index (χ3v) is 3.74. The summed E-state index contributed by atoms with van der Waals surface area (Å²) in [5.41, 5.74) is 0.873. The van der Waals surface area contributed by atoms with Crippen molar-refractivity contribution in [2.75, 3.05) is 0 Å². The average Bonchev–Trinajstić information content (AvgIpc) is 3.14. The molecule has 0 fully saturated rings. The van der Waals surface area contributed by atoms with Crippen molar-refractivity contribution in [1.82, 2.24) is 0 Å². The Kier molecular flexibility index (Phi) is 4.77. The van der Waals surface area contributed by atoms with Crippen LogP contribution in [0.15, 0.2) is 76.7 Å². The molecule has 1 N–H and O–H groups in total. The van der Waals surface area contributed by atoms with Crippen molar-refractivity contribution >= 4 is 17.8 Å². The number of carbonyl (C=O) groups excluding carboxylic acids is 1. The maximum Gasteiger partial charge on any atom is 0.336 e. The van der Waals surface area contributed by atoms with Gasteiger partial charge in [-0.1, -0.05) is 48.5 Å². The van der Waals surface area contributed by atoms with Crippen LogP contribution in [0.3, 0.4) is 0 Å². The second kappa shape index (κ2) is 7.32. The predicted molar refractivity (Wildman–Crippen MR) is 95.5 cm³/mol. The molecule has 0 bridgehead atoms. The van der Waals surface area contributed by atoms with Crippen molar-refractivity contribution in [3.8, 4) is 17.4 Å². The van der Waals surface area contributed by atoms with E-state index in [1.54, 1.807) is 60.7 Å². The number of carboxylic acids is 1. The van der Waals surface area contributed by atoms with Crippen LogP contribution in [0.2, 0.25) is 0 Å². The molecule has 0 radical (unpaired) electrons. The molecule has 0 saturated carbocycles. The Morgan fingerprint density at radius 2 is 1.65 bits per heavy atom. The van der Waals surface area contributed by atoms with Gasteiger partial charge in [0.2, 0.25) is 5.78 Å². The summed E-state index contributed by atoms with van der Waals surface area (Å²) in [4.78, 5) is 23.7. The van der Waals surface area contributed by atoms with E-state index in [2.05, 4.69) is 0 Å². The zero-order valence-electron chi connectivity index (χ0n) is 13.5. The Hall–Kier alpha value is -3.91. The fourth-order valence-corrected chi connectivity index (χ4v) is 2.50. The number of nitriles is 1. The highest BCUT2D eigenvalue weighted by Crippen LogP contribution is 2.27. The van der Waals surface area contributed by atoms with Crippen molar-refractivity contribution in [1.29, 1.82) is 5.26 Å². The van der Waals surface area contributed by atoms with Crippen molar-refractivity contribution < 1.29 is 19.1 Å². The zero-order valence-corrected chi connectivity index (χ0v) is 13.5. The van der Waals surface area contributed by atoms with Crippen LogP contribution in [-0.2, 0) is 0 Å². The van der Waals surface area contributed by atoms with E-state index in [4.69, 9.17) is 4.42 Å². The lowest BCUT2D eigenvalue weighted by Crippen LogP contribution is -2.01. The summed E-state index contributed by atoms with van der Waals surface area (Å²) in [5, 5.41) is 18.6. The Morgan fingerprint density at radius 1 is 0.962 bits per heavy atom. The molecule has 2 aromatic carbocycles. The molecule has 0 saturated heterocycles. The van der Waals surface area contributed by atoms with Gasteiger partial charge in [0.15, 0.2) is 0 Å². The summed E-state index contributed by atoms with van der Waals surface area (Å²) in [5.74, 6) is -0.831. The quantitative estimate of drug-likeness (QED) is 0.420. The first-order chi connectivity index (χ1) is 12.6. The number of hydrogen-bond donors (Lipinski definition) is 1. The first kappa shape index (κ1) is 16.9. The molecule has 26 heavy (non-hydrogen) atoms. The Morgan fingerprint density at radius 3 is 2.35 bits per heavy atom. The number of nitrogens with zero attached hydrogens (tertiary/aromatic N) is 1. The van der Waals surface area contributed by atoms with E-state index in [1.165, 1.54) is 12.1 Å². The van der Waals surface area contributed by atoms with Crippen LogP contribution in [0.25, 0.3) is 17.4 Å². The number of Topliss-reactive ketones (excluding diaryl/α,β-unsaturated/α-hetero) is 1. The van der Waals surface area contributed by atoms with Crippen LogP contribution in [0.4, 0.5) is 0 Å². The second-order valence-electron chi connectivity index (χ2n) is 5.42. The van der Waals surface area contributed by atoms with Gasteiger partial charge in [-0.2, -0.15) is 5.26 Å². The summed E-state index contributed by atoms with van der Waals surface area (Å²) in [6.45, 7) is 0. The minimum absolute atomic E-state index is 0.0661. The Bertz CT molecular complexity index is 1040. The molecule has 3 rings (SSSR count). The lowest BCUT2D eigenvalue weighted by atomic mass is 10.0. The lowest BCUT2D eigenvalue weighted by molar-refractivity contribution is 0.0697. The highest BCUT2D eigenvalue weighted by molar-refractivity contribution is 6.13. The molecule has 126 valence electrons. The molecule has 1 aromatic heterocycles. The first-order valence-electron chi connectivity index (χ1n) is 7.74. The van der Waals surface area contributed by atoms with Crippen LogP contribution in [0, 0.1) is 11.3 Å². The van der Waals surface area contributed by atoms with Crippen LogP contribution < -0.4 is 0 Å². The molecule has 3 aromatic rings. The maximum atomic E-state index is 12.4. The molecule has 1 heterocycles. The van der Waals surface area contributed by atoms with E-state index >= 15 is 0 Å². The predicted octanol–water partition coefficient (Wildman–Crippen LogP) is 4.43. The Balaban J connectivity index is 1.95. The standard InChI is InChI=1S/C21H13NO4/c22-13-15(20(23)14-6-2-1-3-7-14)12-16-10-11-19(26-16)17-8-4-5-9-18(17)21(24)25/h1-12H,(H,24,25)/b15-12+. The van der Waals surface area contributed by atoms with Gasteiger partial charge in [0.05, 0.1) is 5.56 Å². The summed E-state index contributed by atoms with van der Waals surface area (Å²) in [7, 11) is 0. The molecule has 0 aliphatic carbocycles. The van der Waals surface area contributed by atoms with Gasteiger partial charge in [0.1, 0.15) is 23.2 Å². The second-order valence-corrected chi connectivity index (χ2v) is 5.42. The Labute approximate surface area is 149 Å². The van der Waals surface area contributed by atoms with Gasteiger partial charge < -0.3 is 9.52 Å². The van der Waals surface area contributed by atoms with E-state index in [0.29, 0.717) is 22.6 Å². The van der Waals surface area contributed by atoms with Crippen molar-refractivity contribution in [2.45, 2.75) is 0 Å². The molecule has 5 heteroatoms. The number of furan rings is 1. The number of rotatable bonds is 5. The van der Waals surface area contributed by atoms with Gasteiger partial charge >= 0.3 is 5.97 Å². The average molecular weight is 343 g/mol.